The molecule has 0 aliphatic heterocycles. The van der Waals surface area contributed by atoms with E-state index in [1.807, 2.05) is 6.92 Å². The molecule has 3 heteroatoms. The largest absolute Gasteiger partial charge is 0.339 e. The molecule has 1 saturated carbocycles. The van der Waals surface area contributed by atoms with Crippen molar-refractivity contribution in [2.75, 3.05) is 0 Å². The van der Waals surface area contributed by atoms with Gasteiger partial charge in [0.15, 0.2) is 5.82 Å². The van der Waals surface area contributed by atoms with Crippen LogP contribution in [-0.4, -0.2) is 10.1 Å². The fourth-order valence-electron chi connectivity index (χ4n) is 2.79. The van der Waals surface area contributed by atoms with Crippen molar-refractivity contribution in [3.63, 3.8) is 0 Å². The van der Waals surface area contributed by atoms with Gasteiger partial charge in [0.2, 0.25) is 5.89 Å². The third-order valence-corrected chi connectivity index (χ3v) is 3.89. The first-order valence-corrected chi connectivity index (χ1v) is 7.06. The average Bonchev–Trinajstić information content (AvgIpc) is 2.73. The lowest BCUT2D eigenvalue weighted by Crippen LogP contribution is -2.04. The molecule has 17 heavy (non-hydrogen) atoms. The van der Waals surface area contributed by atoms with Gasteiger partial charge >= 0.3 is 0 Å². The predicted octanol–water partition coefficient (Wildman–Crippen LogP) is 4.23. The summed E-state index contributed by atoms with van der Waals surface area (Å²) >= 11 is 0. The molecule has 0 amide bonds. The van der Waals surface area contributed by atoms with Gasteiger partial charge in [-0.05, 0) is 25.7 Å². The van der Waals surface area contributed by atoms with E-state index in [1.54, 1.807) is 0 Å². The average molecular weight is 236 g/mol. The number of rotatable bonds is 1. The van der Waals surface area contributed by atoms with Gasteiger partial charge in [-0.25, -0.2) is 0 Å². The molecule has 2 rings (SSSR count). The minimum Gasteiger partial charge on any atom is -0.339 e. The highest BCUT2D eigenvalue weighted by atomic mass is 16.5. The lowest BCUT2D eigenvalue weighted by atomic mass is 9.88. The lowest BCUT2D eigenvalue weighted by molar-refractivity contribution is 0.315. The quantitative estimate of drug-likeness (QED) is 0.732. The van der Waals surface area contributed by atoms with Crippen molar-refractivity contribution in [3.05, 3.63) is 11.7 Å². The summed E-state index contributed by atoms with van der Waals surface area (Å²) in [6.07, 6.45) is 10.5. The van der Waals surface area contributed by atoms with Crippen LogP contribution in [0.2, 0.25) is 0 Å². The van der Waals surface area contributed by atoms with Gasteiger partial charge in [-0.2, -0.15) is 4.98 Å². The Morgan fingerprint density at radius 1 is 1.00 bits per heavy atom. The Bertz CT molecular complexity index is 335. The van der Waals surface area contributed by atoms with Crippen molar-refractivity contribution in [2.45, 2.75) is 71.1 Å². The van der Waals surface area contributed by atoms with E-state index in [9.17, 15) is 0 Å². The van der Waals surface area contributed by atoms with Crippen LogP contribution in [0, 0.1) is 12.8 Å². The summed E-state index contributed by atoms with van der Waals surface area (Å²) in [4.78, 5) is 4.40. The second-order valence-corrected chi connectivity index (χ2v) is 5.55. The maximum absolute atomic E-state index is 5.34. The predicted molar refractivity (Wildman–Crippen MR) is 67.9 cm³/mol. The number of hydrogen-bond donors (Lipinski definition) is 0. The summed E-state index contributed by atoms with van der Waals surface area (Å²) in [5.74, 6) is 3.03. The Hall–Kier alpha value is -0.860. The van der Waals surface area contributed by atoms with Crippen molar-refractivity contribution in [1.29, 1.82) is 0 Å². The number of aryl methyl sites for hydroxylation is 1. The summed E-state index contributed by atoms with van der Waals surface area (Å²) in [7, 11) is 0. The number of nitrogens with zero attached hydrogens (tertiary/aromatic N) is 2. The molecule has 1 aliphatic carbocycles. The highest BCUT2D eigenvalue weighted by Crippen LogP contribution is 2.30. The zero-order valence-corrected chi connectivity index (χ0v) is 11.1. The Morgan fingerprint density at radius 3 is 2.47 bits per heavy atom. The molecular formula is C14H24N2O. The van der Waals surface area contributed by atoms with E-state index in [1.165, 1.54) is 51.4 Å². The Morgan fingerprint density at radius 2 is 1.71 bits per heavy atom. The van der Waals surface area contributed by atoms with E-state index in [2.05, 4.69) is 17.1 Å². The van der Waals surface area contributed by atoms with Crippen LogP contribution in [0.15, 0.2) is 4.52 Å². The molecule has 1 aromatic heterocycles. The van der Waals surface area contributed by atoms with E-state index in [0.717, 1.165) is 17.6 Å². The van der Waals surface area contributed by atoms with Crippen molar-refractivity contribution in [2.24, 2.45) is 5.92 Å². The molecule has 2 unspecified atom stereocenters. The molecular weight excluding hydrogens is 212 g/mol. The molecule has 1 aromatic rings. The van der Waals surface area contributed by atoms with Gasteiger partial charge in [-0.3, -0.25) is 0 Å². The number of hydrogen-bond acceptors (Lipinski definition) is 3. The maximum atomic E-state index is 5.34. The van der Waals surface area contributed by atoms with Gasteiger partial charge < -0.3 is 4.52 Å². The van der Waals surface area contributed by atoms with Crippen LogP contribution in [0.5, 0.6) is 0 Å². The molecule has 2 atom stereocenters. The van der Waals surface area contributed by atoms with Gasteiger partial charge in [0, 0.05) is 5.92 Å². The van der Waals surface area contributed by atoms with Crippen LogP contribution < -0.4 is 0 Å². The van der Waals surface area contributed by atoms with Crippen LogP contribution in [0.4, 0.5) is 0 Å². The van der Waals surface area contributed by atoms with Gasteiger partial charge in [-0.1, -0.05) is 50.6 Å². The first-order valence-electron chi connectivity index (χ1n) is 7.06. The summed E-state index contributed by atoms with van der Waals surface area (Å²) in [6, 6.07) is 0. The van der Waals surface area contributed by atoms with Crippen molar-refractivity contribution in [3.8, 4) is 0 Å². The van der Waals surface area contributed by atoms with Gasteiger partial charge in [-0.15, -0.1) is 0 Å². The second kappa shape index (κ2) is 6.18. The molecule has 0 bridgehead atoms. The smallest absolute Gasteiger partial charge is 0.229 e. The SMILES string of the molecule is Cc1noc(C2CCCCCC(C)CCC2)n1. The van der Waals surface area contributed by atoms with Gasteiger partial charge in [0.1, 0.15) is 0 Å². The van der Waals surface area contributed by atoms with E-state index in [0.29, 0.717) is 5.92 Å². The van der Waals surface area contributed by atoms with E-state index >= 15 is 0 Å². The minimum atomic E-state index is 0.501. The zero-order chi connectivity index (χ0) is 12.1. The molecule has 0 saturated heterocycles. The van der Waals surface area contributed by atoms with E-state index in [-0.39, 0.29) is 0 Å². The molecule has 1 fully saturated rings. The fourth-order valence-corrected chi connectivity index (χ4v) is 2.79. The van der Waals surface area contributed by atoms with Crippen molar-refractivity contribution < 1.29 is 4.52 Å². The molecule has 0 radical (unpaired) electrons. The standard InChI is InChI=1S/C14H24N2O/c1-11-7-4-3-5-9-13(10-6-8-11)14-15-12(2)16-17-14/h11,13H,3-10H2,1-2H3. The van der Waals surface area contributed by atoms with Crippen molar-refractivity contribution in [1.82, 2.24) is 10.1 Å². The third kappa shape index (κ3) is 3.83. The molecule has 0 spiro atoms. The zero-order valence-electron chi connectivity index (χ0n) is 11.1. The minimum absolute atomic E-state index is 0.501. The summed E-state index contributed by atoms with van der Waals surface area (Å²) in [6.45, 7) is 4.28. The summed E-state index contributed by atoms with van der Waals surface area (Å²) in [5, 5.41) is 3.92. The van der Waals surface area contributed by atoms with Crippen LogP contribution in [0.1, 0.15) is 75.9 Å². The Balaban J connectivity index is 1.95. The Kier molecular flexibility index (Phi) is 4.57. The summed E-state index contributed by atoms with van der Waals surface area (Å²) < 4.78 is 5.34. The first kappa shape index (κ1) is 12.6. The molecule has 96 valence electrons. The number of aromatic nitrogens is 2. The van der Waals surface area contributed by atoms with Crippen LogP contribution in [0.25, 0.3) is 0 Å². The Labute approximate surface area is 104 Å². The molecule has 1 aliphatic rings. The maximum Gasteiger partial charge on any atom is 0.229 e. The normalized spacial score (nSPS) is 27.9. The highest BCUT2D eigenvalue weighted by Gasteiger charge is 2.19. The van der Waals surface area contributed by atoms with E-state index < -0.39 is 0 Å². The monoisotopic (exact) mass is 236 g/mol. The van der Waals surface area contributed by atoms with Crippen LogP contribution >= 0.6 is 0 Å². The summed E-state index contributed by atoms with van der Waals surface area (Å²) in [5.41, 5.74) is 0. The fraction of sp³-hybridized carbons (Fsp3) is 0.857. The van der Waals surface area contributed by atoms with Crippen LogP contribution in [0.3, 0.4) is 0 Å². The van der Waals surface area contributed by atoms with Gasteiger partial charge in [0.05, 0.1) is 0 Å². The molecule has 0 N–H and O–H groups in total. The first-order chi connectivity index (χ1) is 8.25. The molecule has 1 heterocycles. The lowest BCUT2D eigenvalue weighted by Gasteiger charge is -2.17. The second-order valence-electron chi connectivity index (χ2n) is 5.55. The molecule has 0 aromatic carbocycles. The molecule has 3 nitrogen and oxygen atoms in total. The van der Waals surface area contributed by atoms with Crippen LogP contribution in [-0.2, 0) is 0 Å². The van der Waals surface area contributed by atoms with E-state index in [4.69, 9.17) is 4.52 Å². The van der Waals surface area contributed by atoms with Gasteiger partial charge in [0.25, 0.3) is 0 Å². The third-order valence-electron chi connectivity index (χ3n) is 3.89. The highest BCUT2D eigenvalue weighted by molar-refractivity contribution is 4.92. The van der Waals surface area contributed by atoms with Crippen molar-refractivity contribution >= 4 is 0 Å². The topological polar surface area (TPSA) is 38.9 Å².